The number of fused-ring (bicyclic) bond motifs is 1. The average Bonchev–Trinajstić information content (AvgIpc) is 2.62. The largest absolute Gasteiger partial charge is 0.438 e. The van der Waals surface area contributed by atoms with E-state index >= 15 is 0 Å². The average molecular weight is 188 g/mol. The van der Waals surface area contributed by atoms with Gasteiger partial charge in [-0.15, -0.1) is 0 Å². The number of aromatic nitrogens is 1. The third kappa shape index (κ3) is 1.34. The van der Waals surface area contributed by atoms with Gasteiger partial charge >= 0.3 is 0 Å². The maximum Gasteiger partial charge on any atom is 0.221 e. The van der Waals surface area contributed by atoms with E-state index in [1.54, 1.807) is 12.1 Å². The Balaban J connectivity index is 2.62. The van der Waals surface area contributed by atoms with Gasteiger partial charge in [0.25, 0.3) is 0 Å². The number of nitriles is 1. The summed E-state index contributed by atoms with van der Waals surface area (Å²) in [7, 11) is 0. The zero-order chi connectivity index (χ0) is 9.97. The summed E-state index contributed by atoms with van der Waals surface area (Å²) < 4.78 is 5.23. The van der Waals surface area contributed by atoms with Crippen LogP contribution in [0.2, 0.25) is 0 Å². The fourth-order valence-electron chi connectivity index (χ4n) is 1.35. The number of aliphatic hydroxyl groups excluding tert-OH is 1. The van der Waals surface area contributed by atoms with Gasteiger partial charge < -0.3 is 9.52 Å². The van der Waals surface area contributed by atoms with Crippen molar-refractivity contribution in [3.63, 3.8) is 0 Å². The first-order valence-electron chi connectivity index (χ1n) is 4.20. The first kappa shape index (κ1) is 8.73. The van der Waals surface area contributed by atoms with Crippen LogP contribution in [0.4, 0.5) is 0 Å². The minimum Gasteiger partial charge on any atom is -0.438 e. The van der Waals surface area contributed by atoms with E-state index in [0.29, 0.717) is 17.5 Å². The van der Waals surface area contributed by atoms with Gasteiger partial charge in [-0.25, -0.2) is 4.98 Å². The molecule has 0 saturated carbocycles. The Labute approximate surface area is 80.4 Å². The van der Waals surface area contributed by atoms with Crippen molar-refractivity contribution in [2.45, 2.75) is 13.0 Å². The summed E-state index contributed by atoms with van der Waals surface area (Å²) >= 11 is 0. The number of para-hydroxylation sites is 1. The zero-order valence-electron chi connectivity index (χ0n) is 7.40. The standard InChI is InChI=1S/C10H8N2O2/c11-5-4-7-2-1-3-8-10(7)12-9(6-13)14-8/h1-3,13H,4,6H2. The molecule has 0 aliphatic rings. The quantitative estimate of drug-likeness (QED) is 0.773. The maximum atomic E-state index is 8.84. The smallest absolute Gasteiger partial charge is 0.221 e. The molecular formula is C10H8N2O2. The summed E-state index contributed by atoms with van der Waals surface area (Å²) in [6.45, 7) is -0.222. The molecule has 2 aromatic rings. The summed E-state index contributed by atoms with van der Waals surface area (Å²) in [5.41, 5.74) is 2.10. The van der Waals surface area contributed by atoms with Gasteiger partial charge in [0.15, 0.2) is 5.58 Å². The van der Waals surface area contributed by atoms with Crippen molar-refractivity contribution < 1.29 is 9.52 Å². The molecule has 0 radical (unpaired) electrons. The Morgan fingerprint density at radius 3 is 3.07 bits per heavy atom. The van der Waals surface area contributed by atoms with Gasteiger partial charge in [0.05, 0.1) is 12.5 Å². The van der Waals surface area contributed by atoms with Crippen LogP contribution in [0.1, 0.15) is 11.5 Å². The summed E-state index contributed by atoms with van der Waals surface area (Å²) in [6.07, 6.45) is 0.300. The van der Waals surface area contributed by atoms with Crippen LogP contribution in [0.15, 0.2) is 22.6 Å². The molecule has 1 N–H and O–H groups in total. The topological polar surface area (TPSA) is 70.0 Å². The number of oxazole rings is 1. The lowest BCUT2D eigenvalue weighted by Crippen LogP contribution is -1.84. The van der Waals surface area contributed by atoms with Gasteiger partial charge in [0, 0.05) is 0 Å². The van der Waals surface area contributed by atoms with Crippen LogP contribution in [0.5, 0.6) is 0 Å². The molecule has 0 atom stereocenters. The van der Waals surface area contributed by atoms with Crippen molar-refractivity contribution in [2.75, 3.05) is 0 Å². The normalized spacial score (nSPS) is 10.3. The maximum absolute atomic E-state index is 8.84. The summed E-state index contributed by atoms with van der Waals surface area (Å²) in [4.78, 5) is 4.08. The lowest BCUT2D eigenvalue weighted by atomic mass is 10.1. The predicted octanol–water partition coefficient (Wildman–Crippen LogP) is 1.39. The minimum absolute atomic E-state index is 0.222. The summed E-state index contributed by atoms with van der Waals surface area (Å²) in [6, 6.07) is 7.46. The summed E-state index contributed by atoms with van der Waals surface area (Å²) in [5, 5.41) is 17.4. The second-order valence-corrected chi connectivity index (χ2v) is 2.86. The second kappa shape index (κ2) is 3.48. The zero-order valence-corrected chi connectivity index (χ0v) is 7.40. The molecule has 4 nitrogen and oxygen atoms in total. The van der Waals surface area contributed by atoms with Crippen molar-refractivity contribution in [2.24, 2.45) is 0 Å². The van der Waals surface area contributed by atoms with Gasteiger partial charge in [0.1, 0.15) is 12.1 Å². The molecule has 4 heteroatoms. The van der Waals surface area contributed by atoms with Crippen LogP contribution in [0.25, 0.3) is 11.1 Å². The van der Waals surface area contributed by atoms with E-state index in [1.807, 2.05) is 6.07 Å². The van der Waals surface area contributed by atoms with Gasteiger partial charge in [-0.2, -0.15) is 5.26 Å². The molecule has 0 fully saturated rings. The van der Waals surface area contributed by atoms with Crippen molar-refractivity contribution in [3.05, 3.63) is 29.7 Å². The number of nitrogens with zero attached hydrogens (tertiary/aromatic N) is 2. The number of hydrogen-bond donors (Lipinski definition) is 1. The fourth-order valence-corrected chi connectivity index (χ4v) is 1.35. The Kier molecular flexibility index (Phi) is 2.17. The van der Waals surface area contributed by atoms with Crippen LogP contribution in [0, 0.1) is 11.3 Å². The van der Waals surface area contributed by atoms with Crippen molar-refractivity contribution in [3.8, 4) is 6.07 Å². The van der Waals surface area contributed by atoms with Crippen LogP contribution >= 0.6 is 0 Å². The number of benzene rings is 1. The van der Waals surface area contributed by atoms with Crippen molar-refractivity contribution >= 4 is 11.1 Å². The fraction of sp³-hybridized carbons (Fsp3) is 0.200. The molecule has 0 saturated heterocycles. The van der Waals surface area contributed by atoms with Crippen LogP contribution in [-0.4, -0.2) is 10.1 Å². The Hall–Kier alpha value is -1.86. The van der Waals surface area contributed by atoms with E-state index in [2.05, 4.69) is 11.1 Å². The SMILES string of the molecule is N#CCc1cccc2oc(CO)nc12. The lowest BCUT2D eigenvalue weighted by Gasteiger charge is -1.92. The van der Waals surface area contributed by atoms with Crippen LogP contribution in [0.3, 0.4) is 0 Å². The first-order valence-corrected chi connectivity index (χ1v) is 4.20. The molecule has 0 amide bonds. The number of hydrogen-bond acceptors (Lipinski definition) is 4. The van der Waals surface area contributed by atoms with Gasteiger partial charge in [-0.1, -0.05) is 12.1 Å². The third-order valence-electron chi connectivity index (χ3n) is 1.95. The molecule has 0 aliphatic heterocycles. The van der Waals surface area contributed by atoms with Gasteiger partial charge in [-0.05, 0) is 11.6 Å². The minimum atomic E-state index is -0.222. The van der Waals surface area contributed by atoms with E-state index in [0.717, 1.165) is 5.56 Å². The monoisotopic (exact) mass is 188 g/mol. The Morgan fingerprint density at radius 2 is 2.36 bits per heavy atom. The Morgan fingerprint density at radius 1 is 1.50 bits per heavy atom. The predicted molar refractivity (Wildman–Crippen MR) is 49.2 cm³/mol. The number of rotatable bonds is 2. The van der Waals surface area contributed by atoms with E-state index in [1.165, 1.54) is 0 Å². The van der Waals surface area contributed by atoms with Crippen molar-refractivity contribution in [1.82, 2.24) is 4.98 Å². The van der Waals surface area contributed by atoms with Crippen molar-refractivity contribution in [1.29, 1.82) is 5.26 Å². The highest BCUT2D eigenvalue weighted by Gasteiger charge is 2.07. The molecule has 1 heterocycles. The number of aliphatic hydroxyl groups is 1. The van der Waals surface area contributed by atoms with Crippen LogP contribution < -0.4 is 0 Å². The molecule has 1 aromatic carbocycles. The molecular weight excluding hydrogens is 180 g/mol. The lowest BCUT2D eigenvalue weighted by molar-refractivity contribution is 0.244. The second-order valence-electron chi connectivity index (χ2n) is 2.86. The molecule has 14 heavy (non-hydrogen) atoms. The summed E-state index contributed by atoms with van der Waals surface area (Å²) in [5.74, 6) is 0.283. The molecule has 1 aromatic heterocycles. The highest BCUT2D eigenvalue weighted by atomic mass is 16.4. The third-order valence-corrected chi connectivity index (χ3v) is 1.95. The van der Waals surface area contributed by atoms with E-state index in [4.69, 9.17) is 14.8 Å². The van der Waals surface area contributed by atoms with E-state index in [9.17, 15) is 0 Å². The van der Waals surface area contributed by atoms with Gasteiger partial charge in [-0.3, -0.25) is 0 Å². The highest BCUT2D eigenvalue weighted by molar-refractivity contribution is 5.76. The molecule has 2 rings (SSSR count). The van der Waals surface area contributed by atoms with E-state index in [-0.39, 0.29) is 12.5 Å². The van der Waals surface area contributed by atoms with Crippen LogP contribution in [-0.2, 0) is 13.0 Å². The van der Waals surface area contributed by atoms with Gasteiger partial charge in [0.2, 0.25) is 5.89 Å². The molecule has 0 aliphatic carbocycles. The molecule has 0 bridgehead atoms. The molecule has 0 unspecified atom stereocenters. The molecule has 70 valence electrons. The first-order chi connectivity index (χ1) is 6.85. The highest BCUT2D eigenvalue weighted by Crippen LogP contribution is 2.19. The molecule has 0 spiro atoms. The Bertz CT molecular complexity index is 496. The van der Waals surface area contributed by atoms with E-state index < -0.39 is 0 Å².